The summed E-state index contributed by atoms with van der Waals surface area (Å²) < 4.78 is 5.83. The van der Waals surface area contributed by atoms with Crippen molar-refractivity contribution in [2.24, 2.45) is 0 Å². The van der Waals surface area contributed by atoms with Crippen LogP contribution in [-0.2, 0) is 0 Å². The van der Waals surface area contributed by atoms with Gasteiger partial charge in [0.05, 0.1) is 0 Å². The third-order valence-electron chi connectivity index (χ3n) is 3.77. The number of carboxylic acids is 1. The minimum atomic E-state index is -0.916. The van der Waals surface area contributed by atoms with Gasteiger partial charge in [0.2, 0.25) is 0 Å². The van der Waals surface area contributed by atoms with Crippen LogP contribution in [0.4, 0.5) is 0 Å². The number of carbonyl (C=O) groups is 1. The van der Waals surface area contributed by atoms with Crippen molar-refractivity contribution in [1.82, 2.24) is 4.90 Å². The van der Waals surface area contributed by atoms with Crippen LogP contribution in [-0.4, -0.2) is 42.2 Å². The van der Waals surface area contributed by atoms with E-state index in [1.54, 1.807) is 0 Å². The van der Waals surface area contributed by atoms with Crippen LogP contribution in [0, 0.1) is 6.92 Å². The Labute approximate surface area is 127 Å². The van der Waals surface area contributed by atoms with Gasteiger partial charge in [-0.1, -0.05) is 39.8 Å². The highest BCUT2D eigenvalue weighted by atomic mass is 16.5. The first-order chi connectivity index (χ1) is 9.92. The standard InChI is InChI=1S/C17H27NO3/c1-6-18(7-2)10-11-21-16-13(5)8-9-14(12(3)4)15(16)17(19)20/h8-9,12H,6-7,10-11H2,1-5H3,(H,19,20). The summed E-state index contributed by atoms with van der Waals surface area (Å²) >= 11 is 0. The second-order valence-corrected chi connectivity index (χ2v) is 5.51. The van der Waals surface area contributed by atoms with Crippen LogP contribution in [0.15, 0.2) is 12.1 Å². The van der Waals surface area contributed by atoms with E-state index in [1.807, 2.05) is 32.9 Å². The predicted molar refractivity (Wildman–Crippen MR) is 85.5 cm³/mol. The minimum absolute atomic E-state index is 0.154. The number of hydrogen-bond acceptors (Lipinski definition) is 3. The van der Waals surface area contributed by atoms with Gasteiger partial charge in [0.15, 0.2) is 0 Å². The smallest absolute Gasteiger partial charge is 0.339 e. The maximum atomic E-state index is 11.6. The lowest BCUT2D eigenvalue weighted by atomic mass is 9.94. The van der Waals surface area contributed by atoms with E-state index in [0.717, 1.165) is 30.8 Å². The van der Waals surface area contributed by atoms with Gasteiger partial charge in [-0.25, -0.2) is 4.79 Å². The maximum Gasteiger partial charge on any atom is 0.339 e. The largest absolute Gasteiger partial charge is 0.491 e. The van der Waals surface area contributed by atoms with E-state index >= 15 is 0 Å². The molecule has 0 radical (unpaired) electrons. The van der Waals surface area contributed by atoms with E-state index in [-0.39, 0.29) is 5.92 Å². The Hall–Kier alpha value is -1.55. The number of rotatable bonds is 8. The molecule has 4 heteroatoms. The first-order valence-electron chi connectivity index (χ1n) is 7.64. The normalized spacial score (nSPS) is 11.2. The average Bonchev–Trinajstić information content (AvgIpc) is 2.44. The summed E-state index contributed by atoms with van der Waals surface area (Å²) in [5, 5.41) is 9.53. The van der Waals surface area contributed by atoms with Crippen molar-refractivity contribution in [3.8, 4) is 5.75 Å². The lowest BCUT2D eigenvalue weighted by Gasteiger charge is -2.21. The fourth-order valence-electron chi connectivity index (χ4n) is 2.41. The van der Waals surface area contributed by atoms with Crippen molar-refractivity contribution < 1.29 is 14.6 Å². The second-order valence-electron chi connectivity index (χ2n) is 5.51. The molecule has 0 fully saturated rings. The SMILES string of the molecule is CCN(CC)CCOc1c(C)ccc(C(C)C)c1C(=O)O. The predicted octanol–water partition coefficient (Wildman–Crippen LogP) is 3.54. The Balaban J connectivity index is 2.99. The highest BCUT2D eigenvalue weighted by Gasteiger charge is 2.20. The summed E-state index contributed by atoms with van der Waals surface area (Å²) in [5.74, 6) is -0.247. The van der Waals surface area contributed by atoms with Gasteiger partial charge in [-0.3, -0.25) is 0 Å². The molecule has 1 N–H and O–H groups in total. The Bertz CT molecular complexity index is 479. The van der Waals surface area contributed by atoms with Gasteiger partial charge in [0.25, 0.3) is 0 Å². The van der Waals surface area contributed by atoms with Crippen molar-refractivity contribution >= 4 is 5.97 Å². The molecule has 1 rings (SSSR count). The molecule has 118 valence electrons. The number of hydrogen-bond donors (Lipinski definition) is 1. The van der Waals surface area contributed by atoms with Crippen LogP contribution >= 0.6 is 0 Å². The lowest BCUT2D eigenvalue weighted by Crippen LogP contribution is -2.28. The maximum absolute atomic E-state index is 11.6. The molecular formula is C17H27NO3. The fraction of sp³-hybridized carbons (Fsp3) is 0.588. The van der Waals surface area contributed by atoms with Gasteiger partial charge in [0.1, 0.15) is 17.9 Å². The van der Waals surface area contributed by atoms with Crippen LogP contribution in [0.1, 0.15) is 55.1 Å². The van der Waals surface area contributed by atoms with Gasteiger partial charge < -0.3 is 14.7 Å². The monoisotopic (exact) mass is 293 g/mol. The first-order valence-corrected chi connectivity index (χ1v) is 7.64. The molecule has 0 atom stereocenters. The number of nitrogens with zero attached hydrogens (tertiary/aromatic N) is 1. The zero-order chi connectivity index (χ0) is 16.0. The molecule has 4 nitrogen and oxygen atoms in total. The highest BCUT2D eigenvalue weighted by molar-refractivity contribution is 5.93. The van der Waals surface area contributed by atoms with E-state index in [9.17, 15) is 9.90 Å². The van der Waals surface area contributed by atoms with Crippen molar-refractivity contribution in [3.05, 3.63) is 28.8 Å². The van der Waals surface area contributed by atoms with Gasteiger partial charge in [-0.15, -0.1) is 0 Å². The molecule has 0 unspecified atom stereocenters. The minimum Gasteiger partial charge on any atom is -0.491 e. The molecule has 0 heterocycles. The number of aryl methyl sites for hydroxylation is 1. The Morgan fingerprint density at radius 2 is 1.90 bits per heavy atom. The molecule has 1 aromatic rings. The van der Waals surface area contributed by atoms with Gasteiger partial charge in [-0.2, -0.15) is 0 Å². The zero-order valence-electron chi connectivity index (χ0n) is 13.8. The van der Waals surface area contributed by atoms with Crippen molar-refractivity contribution in [3.63, 3.8) is 0 Å². The molecule has 0 bridgehead atoms. The number of likely N-dealkylation sites (N-methyl/N-ethyl adjacent to an activating group) is 1. The number of aromatic carboxylic acids is 1. The fourth-order valence-corrected chi connectivity index (χ4v) is 2.41. The highest BCUT2D eigenvalue weighted by Crippen LogP contribution is 2.31. The third kappa shape index (κ3) is 4.46. The summed E-state index contributed by atoms with van der Waals surface area (Å²) in [5.41, 5.74) is 2.01. The third-order valence-corrected chi connectivity index (χ3v) is 3.77. The molecule has 0 spiro atoms. The van der Waals surface area contributed by atoms with E-state index < -0.39 is 5.97 Å². The molecule has 0 aliphatic carbocycles. The van der Waals surface area contributed by atoms with Crippen LogP contribution < -0.4 is 4.74 Å². The van der Waals surface area contributed by atoms with Crippen molar-refractivity contribution in [1.29, 1.82) is 0 Å². The van der Waals surface area contributed by atoms with Gasteiger partial charge in [0, 0.05) is 6.54 Å². The summed E-state index contributed by atoms with van der Waals surface area (Å²) in [6, 6.07) is 3.83. The molecule has 0 saturated heterocycles. The lowest BCUT2D eigenvalue weighted by molar-refractivity contribution is 0.0689. The van der Waals surface area contributed by atoms with E-state index in [4.69, 9.17) is 4.74 Å². The topological polar surface area (TPSA) is 49.8 Å². The average molecular weight is 293 g/mol. The Kier molecular flexibility index (Phi) is 6.69. The molecule has 0 saturated carbocycles. The number of benzene rings is 1. The molecule has 0 aliphatic rings. The first kappa shape index (κ1) is 17.5. The summed E-state index contributed by atoms with van der Waals surface area (Å²) in [6.07, 6.45) is 0. The van der Waals surface area contributed by atoms with E-state index in [2.05, 4.69) is 18.7 Å². The summed E-state index contributed by atoms with van der Waals surface area (Å²) in [7, 11) is 0. The zero-order valence-corrected chi connectivity index (χ0v) is 13.8. The van der Waals surface area contributed by atoms with Crippen molar-refractivity contribution in [2.45, 2.75) is 40.5 Å². The molecule has 0 aliphatic heterocycles. The molecule has 0 aromatic heterocycles. The van der Waals surface area contributed by atoms with Crippen molar-refractivity contribution in [2.75, 3.05) is 26.2 Å². The van der Waals surface area contributed by atoms with E-state index in [1.165, 1.54) is 0 Å². The quantitative estimate of drug-likeness (QED) is 0.796. The number of carboxylic acid groups (broad SMARTS) is 1. The van der Waals surface area contributed by atoms with Crippen LogP contribution in [0.3, 0.4) is 0 Å². The Morgan fingerprint density at radius 3 is 2.38 bits per heavy atom. The molecule has 1 aromatic carbocycles. The summed E-state index contributed by atoms with van der Waals surface area (Å²) in [6.45, 7) is 13.3. The van der Waals surface area contributed by atoms with E-state index in [0.29, 0.717) is 17.9 Å². The van der Waals surface area contributed by atoms with Gasteiger partial charge in [-0.05, 0) is 37.1 Å². The molecule has 21 heavy (non-hydrogen) atoms. The summed E-state index contributed by atoms with van der Waals surface area (Å²) in [4.78, 5) is 13.9. The second kappa shape index (κ2) is 8.03. The molecule has 0 amide bonds. The van der Waals surface area contributed by atoms with Crippen LogP contribution in [0.25, 0.3) is 0 Å². The number of ether oxygens (including phenoxy) is 1. The van der Waals surface area contributed by atoms with Crippen LogP contribution in [0.5, 0.6) is 5.75 Å². The molecular weight excluding hydrogens is 266 g/mol. The van der Waals surface area contributed by atoms with Crippen LogP contribution in [0.2, 0.25) is 0 Å². The Morgan fingerprint density at radius 1 is 1.29 bits per heavy atom. The van der Waals surface area contributed by atoms with Gasteiger partial charge >= 0.3 is 5.97 Å².